The normalized spacial score (nSPS) is 35.8. The number of aliphatic carboxylic acids is 2. The van der Waals surface area contributed by atoms with Crippen molar-refractivity contribution in [1.82, 2.24) is 0 Å². The zero-order valence-electron chi connectivity index (χ0n) is 12.1. The Morgan fingerprint density at radius 3 is 2.30 bits per heavy atom. The third kappa shape index (κ3) is 1.79. The topological polar surface area (TPSA) is 91.7 Å². The minimum absolute atomic E-state index is 0.0584. The molecule has 0 aliphatic heterocycles. The molecule has 2 aliphatic rings. The molecule has 0 aromatic rings. The fourth-order valence-corrected chi connectivity index (χ4v) is 4.18. The number of carbonyl (C=O) groups excluding carboxylic acids is 1. The van der Waals surface area contributed by atoms with Crippen molar-refractivity contribution < 1.29 is 24.6 Å². The van der Waals surface area contributed by atoms with Gasteiger partial charge in [0.25, 0.3) is 0 Å². The summed E-state index contributed by atoms with van der Waals surface area (Å²) in [4.78, 5) is 34.5. The van der Waals surface area contributed by atoms with Gasteiger partial charge in [-0.15, -0.1) is 0 Å². The molecule has 0 aromatic carbocycles. The van der Waals surface area contributed by atoms with Crippen molar-refractivity contribution in [3.63, 3.8) is 0 Å². The van der Waals surface area contributed by atoms with Crippen LogP contribution in [0.3, 0.4) is 0 Å². The second-order valence-corrected chi connectivity index (χ2v) is 6.82. The number of carboxylic acid groups (broad SMARTS) is 2. The van der Waals surface area contributed by atoms with Gasteiger partial charge in [-0.1, -0.05) is 27.7 Å². The second kappa shape index (κ2) is 4.17. The first-order valence-corrected chi connectivity index (χ1v) is 6.75. The Hall–Kier alpha value is -1.65. The van der Waals surface area contributed by atoms with Crippen LogP contribution in [0.4, 0.5) is 0 Å². The van der Waals surface area contributed by atoms with Crippen LogP contribution in [0.1, 0.15) is 34.1 Å². The van der Waals surface area contributed by atoms with Crippen LogP contribution < -0.4 is 0 Å². The summed E-state index contributed by atoms with van der Waals surface area (Å²) in [5.41, 5.74) is -0.999. The first-order chi connectivity index (χ1) is 9.04. The lowest BCUT2D eigenvalue weighted by atomic mass is 9.63. The van der Waals surface area contributed by atoms with E-state index in [4.69, 9.17) is 5.11 Å². The van der Waals surface area contributed by atoms with Gasteiger partial charge >= 0.3 is 11.9 Å². The molecule has 20 heavy (non-hydrogen) atoms. The van der Waals surface area contributed by atoms with E-state index in [1.807, 2.05) is 13.8 Å². The highest BCUT2D eigenvalue weighted by molar-refractivity contribution is 6.05. The monoisotopic (exact) mass is 280 g/mol. The lowest BCUT2D eigenvalue weighted by Gasteiger charge is -2.39. The van der Waals surface area contributed by atoms with Crippen LogP contribution in [0, 0.1) is 28.6 Å². The lowest BCUT2D eigenvalue weighted by Crippen LogP contribution is -2.39. The largest absolute Gasteiger partial charge is 0.481 e. The number of hydrogen-bond donors (Lipinski definition) is 2. The number of rotatable bonds is 4. The first kappa shape index (κ1) is 14.8. The summed E-state index contributed by atoms with van der Waals surface area (Å²) in [6.45, 7) is 7.45. The molecule has 0 amide bonds. The molecule has 0 radical (unpaired) electrons. The number of carboxylic acids is 2. The summed E-state index contributed by atoms with van der Waals surface area (Å²) >= 11 is 0. The van der Waals surface area contributed by atoms with Gasteiger partial charge in [-0.25, -0.2) is 4.79 Å². The fourth-order valence-electron chi connectivity index (χ4n) is 4.18. The number of carbonyl (C=O) groups is 3. The Morgan fingerprint density at radius 2 is 1.85 bits per heavy atom. The van der Waals surface area contributed by atoms with E-state index in [0.29, 0.717) is 0 Å². The fraction of sp³-hybridized carbons (Fsp3) is 0.667. The molecule has 0 saturated heterocycles. The standard InChI is InChI=1S/C15H20O5/c1-7(5-10(17)18)15(4)8(13(19)20)6-9(16)11-12(15)14(11,2)3/h6-7,11-12H,5H2,1-4H3,(H,17,18)(H,19,20). The average molecular weight is 280 g/mol. The van der Waals surface area contributed by atoms with Crippen molar-refractivity contribution in [3.8, 4) is 0 Å². The molecule has 1 saturated carbocycles. The quantitative estimate of drug-likeness (QED) is 0.821. The van der Waals surface area contributed by atoms with E-state index in [0.717, 1.165) is 0 Å². The maximum atomic E-state index is 12.0. The van der Waals surface area contributed by atoms with Crippen molar-refractivity contribution in [2.24, 2.45) is 28.6 Å². The third-order valence-electron chi connectivity index (χ3n) is 5.38. The molecule has 5 nitrogen and oxygen atoms in total. The second-order valence-electron chi connectivity index (χ2n) is 6.82. The smallest absolute Gasteiger partial charge is 0.332 e. The molecule has 4 unspecified atom stereocenters. The maximum absolute atomic E-state index is 12.0. The highest BCUT2D eigenvalue weighted by Gasteiger charge is 2.71. The first-order valence-electron chi connectivity index (χ1n) is 6.75. The van der Waals surface area contributed by atoms with Gasteiger partial charge in [0.1, 0.15) is 0 Å². The van der Waals surface area contributed by atoms with Crippen molar-refractivity contribution >= 4 is 17.7 Å². The molecule has 2 N–H and O–H groups in total. The van der Waals surface area contributed by atoms with Crippen molar-refractivity contribution in [2.75, 3.05) is 0 Å². The molecule has 4 atom stereocenters. The molecule has 0 heterocycles. The van der Waals surface area contributed by atoms with Crippen LogP contribution in [-0.2, 0) is 14.4 Å². The van der Waals surface area contributed by atoms with E-state index < -0.39 is 17.4 Å². The Labute approximate surface area is 117 Å². The summed E-state index contributed by atoms with van der Waals surface area (Å²) in [5.74, 6) is -2.85. The predicted octanol–water partition coefficient (Wildman–Crippen LogP) is 1.97. The van der Waals surface area contributed by atoms with Crippen LogP contribution in [0.15, 0.2) is 11.6 Å². The van der Waals surface area contributed by atoms with E-state index in [1.165, 1.54) is 6.08 Å². The molecule has 0 spiro atoms. The van der Waals surface area contributed by atoms with E-state index >= 15 is 0 Å². The van der Waals surface area contributed by atoms with Crippen LogP contribution in [0.25, 0.3) is 0 Å². The molecule has 0 aromatic heterocycles. The number of allylic oxidation sites excluding steroid dienone is 1. The Kier molecular flexibility index (Phi) is 3.08. The zero-order chi connectivity index (χ0) is 15.5. The van der Waals surface area contributed by atoms with E-state index in [-0.39, 0.29) is 40.9 Å². The van der Waals surface area contributed by atoms with Gasteiger partial charge in [0, 0.05) is 23.3 Å². The van der Waals surface area contributed by atoms with E-state index in [1.54, 1.807) is 13.8 Å². The third-order valence-corrected chi connectivity index (χ3v) is 5.38. The molecule has 2 aliphatic carbocycles. The number of hydrogen-bond acceptors (Lipinski definition) is 3. The van der Waals surface area contributed by atoms with Crippen molar-refractivity contribution in [1.29, 1.82) is 0 Å². The zero-order valence-corrected chi connectivity index (χ0v) is 12.1. The Balaban J connectivity index is 2.50. The minimum Gasteiger partial charge on any atom is -0.481 e. The summed E-state index contributed by atoms with van der Waals surface area (Å²) in [6, 6.07) is 0. The Morgan fingerprint density at radius 1 is 1.30 bits per heavy atom. The van der Waals surface area contributed by atoms with E-state index in [2.05, 4.69) is 0 Å². The summed E-state index contributed by atoms with van der Waals surface area (Å²) < 4.78 is 0. The highest BCUT2D eigenvalue weighted by atomic mass is 16.4. The van der Waals surface area contributed by atoms with Gasteiger partial charge in [-0.3, -0.25) is 9.59 Å². The summed E-state index contributed by atoms with van der Waals surface area (Å²) in [5, 5.41) is 18.4. The molecule has 2 rings (SSSR count). The average Bonchev–Trinajstić information content (AvgIpc) is 2.87. The van der Waals surface area contributed by atoms with Crippen LogP contribution in [-0.4, -0.2) is 27.9 Å². The van der Waals surface area contributed by atoms with Gasteiger partial charge in [0.15, 0.2) is 5.78 Å². The molecule has 110 valence electrons. The molecular formula is C15H20O5. The minimum atomic E-state index is -1.13. The van der Waals surface area contributed by atoms with Gasteiger partial charge in [0.2, 0.25) is 0 Å². The number of fused-ring (bicyclic) bond motifs is 1. The molecule has 0 bridgehead atoms. The van der Waals surface area contributed by atoms with Crippen LogP contribution in [0.5, 0.6) is 0 Å². The lowest BCUT2D eigenvalue weighted by molar-refractivity contribution is -0.141. The Bertz CT molecular complexity index is 530. The van der Waals surface area contributed by atoms with Gasteiger partial charge < -0.3 is 10.2 Å². The summed E-state index contributed by atoms with van der Waals surface area (Å²) in [6.07, 6.45) is 1.12. The van der Waals surface area contributed by atoms with Crippen LogP contribution in [0.2, 0.25) is 0 Å². The van der Waals surface area contributed by atoms with Gasteiger partial charge in [-0.05, 0) is 23.3 Å². The van der Waals surface area contributed by atoms with Crippen molar-refractivity contribution in [3.05, 3.63) is 11.6 Å². The predicted molar refractivity (Wildman–Crippen MR) is 71.0 cm³/mol. The molecule has 5 heteroatoms. The van der Waals surface area contributed by atoms with Gasteiger partial charge in [0.05, 0.1) is 0 Å². The highest BCUT2D eigenvalue weighted by Crippen LogP contribution is 2.71. The maximum Gasteiger partial charge on any atom is 0.332 e. The molecule has 1 fully saturated rings. The SMILES string of the molecule is CC(CC(=O)O)C1(C)C(C(=O)O)=CC(=O)C2C1C2(C)C. The van der Waals surface area contributed by atoms with Crippen LogP contribution >= 0.6 is 0 Å². The van der Waals surface area contributed by atoms with E-state index in [9.17, 15) is 19.5 Å². The van der Waals surface area contributed by atoms with Gasteiger partial charge in [-0.2, -0.15) is 0 Å². The summed E-state index contributed by atoms with van der Waals surface area (Å²) in [7, 11) is 0. The van der Waals surface area contributed by atoms with Crippen molar-refractivity contribution in [2.45, 2.75) is 34.1 Å². The molecular weight excluding hydrogens is 260 g/mol. The number of ketones is 1.